The summed E-state index contributed by atoms with van der Waals surface area (Å²) in [5, 5.41) is 0. The van der Waals surface area contributed by atoms with Gasteiger partial charge in [0.2, 0.25) is 15.9 Å². The molecule has 0 bridgehead atoms. The number of benzene rings is 1. The van der Waals surface area contributed by atoms with E-state index in [0.717, 1.165) is 4.31 Å². The van der Waals surface area contributed by atoms with Gasteiger partial charge in [-0.1, -0.05) is 6.92 Å². The summed E-state index contributed by atoms with van der Waals surface area (Å²) in [6.45, 7) is 1.57. The lowest BCUT2D eigenvalue weighted by Gasteiger charge is -2.15. The molecule has 0 radical (unpaired) electrons. The molecule has 1 heterocycles. The van der Waals surface area contributed by atoms with Crippen LogP contribution >= 0.6 is 0 Å². The summed E-state index contributed by atoms with van der Waals surface area (Å²) >= 11 is 0. The molecule has 1 atom stereocenters. The van der Waals surface area contributed by atoms with Gasteiger partial charge in [0.1, 0.15) is 0 Å². The minimum atomic E-state index is -3.62. The Labute approximate surface area is 116 Å². The summed E-state index contributed by atoms with van der Waals surface area (Å²) < 4.78 is 24.6. The molecular formula is C12H14N2O5S. The molecule has 2 amide bonds. The highest BCUT2D eigenvalue weighted by atomic mass is 32.2. The molecule has 0 spiro atoms. The first-order valence-corrected chi connectivity index (χ1v) is 7.48. The number of nitrogens with one attached hydrogen (secondary N) is 1. The molecule has 1 unspecified atom stereocenters. The maximum atomic E-state index is 11.9. The first kappa shape index (κ1) is 14.5. The van der Waals surface area contributed by atoms with Crippen molar-refractivity contribution in [3.63, 3.8) is 0 Å². The van der Waals surface area contributed by atoms with Gasteiger partial charge in [-0.15, -0.1) is 0 Å². The molecule has 1 aliphatic rings. The van der Waals surface area contributed by atoms with Crippen molar-refractivity contribution in [1.82, 2.24) is 5.48 Å². The molecule has 20 heavy (non-hydrogen) atoms. The van der Waals surface area contributed by atoms with Gasteiger partial charge in [0.15, 0.2) is 0 Å². The number of carbonyl (C=O) groups is 2. The van der Waals surface area contributed by atoms with E-state index in [4.69, 9.17) is 0 Å². The topological polar surface area (TPSA) is 92.8 Å². The molecule has 1 aromatic rings. The van der Waals surface area contributed by atoms with Crippen LogP contribution < -0.4 is 9.79 Å². The highest BCUT2D eigenvalue weighted by Gasteiger charge is 2.41. The van der Waals surface area contributed by atoms with Gasteiger partial charge in [0.05, 0.1) is 24.5 Å². The number of hydrogen-bond donors (Lipinski definition) is 1. The third-order valence-corrected chi connectivity index (χ3v) is 4.79. The van der Waals surface area contributed by atoms with Gasteiger partial charge in [0, 0.05) is 5.56 Å². The van der Waals surface area contributed by atoms with Crippen molar-refractivity contribution in [2.24, 2.45) is 5.92 Å². The van der Waals surface area contributed by atoms with E-state index < -0.39 is 27.8 Å². The van der Waals surface area contributed by atoms with Crippen molar-refractivity contribution in [3.05, 3.63) is 29.8 Å². The maximum absolute atomic E-state index is 11.9. The lowest BCUT2D eigenvalue weighted by molar-refractivity contribution is -0.119. The number of amides is 2. The van der Waals surface area contributed by atoms with Gasteiger partial charge in [-0.25, -0.2) is 18.2 Å². The summed E-state index contributed by atoms with van der Waals surface area (Å²) in [5.74, 6) is -1.67. The van der Waals surface area contributed by atoms with E-state index >= 15 is 0 Å². The van der Waals surface area contributed by atoms with E-state index in [1.165, 1.54) is 31.4 Å². The number of carbonyl (C=O) groups excluding carboxylic acids is 2. The molecule has 1 fully saturated rings. The largest absolute Gasteiger partial charge is 0.277 e. The highest BCUT2D eigenvalue weighted by Crippen LogP contribution is 2.28. The van der Waals surface area contributed by atoms with Crippen LogP contribution in [0.3, 0.4) is 0 Å². The van der Waals surface area contributed by atoms with Crippen LogP contribution in [-0.4, -0.2) is 33.1 Å². The quantitative estimate of drug-likeness (QED) is 0.810. The van der Waals surface area contributed by atoms with Gasteiger partial charge in [-0.3, -0.25) is 14.4 Å². The second-order valence-electron chi connectivity index (χ2n) is 4.46. The second-order valence-corrected chi connectivity index (χ2v) is 6.33. The number of hydroxylamine groups is 1. The van der Waals surface area contributed by atoms with Gasteiger partial charge in [-0.05, 0) is 24.3 Å². The Morgan fingerprint density at radius 3 is 2.40 bits per heavy atom. The molecule has 7 nitrogen and oxygen atoms in total. The number of sulfonamides is 1. The second kappa shape index (κ2) is 5.22. The fourth-order valence-electron chi connectivity index (χ4n) is 1.99. The van der Waals surface area contributed by atoms with Crippen molar-refractivity contribution in [2.75, 3.05) is 17.2 Å². The molecule has 0 saturated carbocycles. The Balaban J connectivity index is 2.31. The van der Waals surface area contributed by atoms with Crippen LogP contribution in [0.2, 0.25) is 0 Å². The van der Waals surface area contributed by atoms with Crippen LogP contribution in [-0.2, 0) is 19.7 Å². The molecule has 1 saturated heterocycles. The van der Waals surface area contributed by atoms with E-state index in [1.807, 2.05) is 0 Å². The first-order valence-electron chi connectivity index (χ1n) is 5.87. The SMILES string of the molecule is CONC(=O)c1ccc(N2C(=O)C(C)CS2(=O)=O)cc1. The Bertz CT molecular complexity index is 638. The fraction of sp³-hybridized carbons (Fsp3) is 0.333. The predicted molar refractivity (Wildman–Crippen MR) is 71.4 cm³/mol. The van der Waals surface area contributed by atoms with Crippen LogP contribution in [0.1, 0.15) is 17.3 Å². The summed E-state index contributed by atoms with van der Waals surface area (Å²) in [6.07, 6.45) is 0. The minimum absolute atomic E-state index is 0.197. The first-order chi connectivity index (χ1) is 9.36. The van der Waals surface area contributed by atoms with E-state index in [9.17, 15) is 18.0 Å². The standard InChI is InChI=1S/C12H14N2O5S/c1-8-7-20(17,18)14(12(8)16)10-5-3-9(4-6-10)11(15)13-19-2/h3-6,8H,7H2,1-2H3,(H,13,15). The predicted octanol–water partition coefficient (Wildman–Crippen LogP) is 0.290. The average Bonchev–Trinajstić information content (AvgIpc) is 2.59. The Morgan fingerprint density at radius 1 is 1.35 bits per heavy atom. The number of nitrogens with zero attached hydrogens (tertiary/aromatic N) is 1. The number of rotatable bonds is 3. The van der Waals surface area contributed by atoms with Crippen LogP contribution in [0.25, 0.3) is 0 Å². The molecule has 1 N–H and O–H groups in total. The zero-order valence-corrected chi connectivity index (χ0v) is 11.8. The monoisotopic (exact) mass is 298 g/mol. The smallest absolute Gasteiger partial charge is 0.274 e. The fourth-order valence-corrected chi connectivity index (χ4v) is 3.81. The molecule has 1 aliphatic heterocycles. The highest BCUT2D eigenvalue weighted by molar-refractivity contribution is 7.94. The van der Waals surface area contributed by atoms with Crippen LogP contribution in [0.15, 0.2) is 24.3 Å². The summed E-state index contributed by atoms with van der Waals surface area (Å²) in [5.41, 5.74) is 2.67. The summed E-state index contributed by atoms with van der Waals surface area (Å²) in [7, 11) is -2.31. The zero-order chi connectivity index (χ0) is 14.9. The van der Waals surface area contributed by atoms with Crippen molar-refractivity contribution in [1.29, 1.82) is 0 Å². The lowest BCUT2D eigenvalue weighted by atomic mass is 10.1. The minimum Gasteiger partial charge on any atom is -0.277 e. The van der Waals surface area contributed by atoms with Crippen molar-refractivity contribution in [2.45, 2.75) is 6.92 Å². The van der Waals surface area contributed by atoms with E-state index in [1.54, 1.807) is 6.92 Å². The normalized spacial score (nSPS) is 21.0. The molecule has 2 rings (SSSR count). The molecule has 0 aromatic heterocycles. The van der Waals surface area contributed by atoms with E-state index in [-0.39, 0.29) is 11.4 Å². The van der Waals surface area contributed by atoms with Crippen LogP contribution in [0.4, 0.5) is 5.69 Å². The Kier molecular flexibility index (Phi) is 3.78. The third-order valence-electron chi connectivity index (χ3n) is 2.92. The van der Waals surface area contributed by atoms with Crippen molar-refractivity contribution < 1.29 is 22.8 Å². The van der Waals surface area contributed by atoms with Gasteiger partial charge in [-0.2, -0.15) is 0 Å². The Hall–Kier alpha value is -1.93. The van der Waals surface area contributed by atoms with E-state index in [2.05, 4.69) is 10.3 Å². The van der Waals surface area contributed by atoms with Crippen molar-refractivity contribution in [3.8, 4) is 0 Å². The molecule has 0 aliphatic carbocycles. The number of hydrogen-bond acceptors (Lipinski definition) is 5. The number of anilines is 1. The van der Waals surface area contributed by atoms with Crippen molar-refractivity contribution >= 4 is 27.5 Å². The maximum Gasteiger partial charge on any atom is 0.274 e. The summed E-state index contributed by atoms with van der Waals surface area (Å²) in [6, 6.07) is 5.68. The molecule has 8 heteroatoms. The zero-order valence-electron chi connectivity index (χ0n) is 11.0. The summed E-state index contributed by atoms with van der Waals surface area (Å²) in [4.78, 5) is 27.9. The lowest BCUT2D eigenvalue weighted by Crippen LogP contribution is -2.30. The molecule has 108 valence electrons. The van der Waals surface area contributed by atoms with E-state index in [0.29, 0.717) is 5.56 Å². The van der Waals surface area contributed by atoms with Gasteiger partial charge >= 0.3 is 0 Å². The average molecular weight is 298 g/mol. The van der Waals surface area contributed by atoms with Gasteiger partial charge in [0.25, 0.3) is 5.91 Å². The van der Waals surface area contributed by atoms with Crippen LogP contribution in [0.5, 0.6) is 0 Å². The molecular weight excluding hydrogens is 284 g/mol. The Morgan fingerprint density at radius 2 is 1.95 bits per heavy atom. The third kappa shape index (κ3) is 2.52. The van der Waals surface area contributed by atoms with Crippen LogP contribution in [0, 0.1) is 5.92 Å². The molecule has 1 aromatic carbocycles. The van der Waals surface area contributed by atoms with Gasteiger partial charge < -0.3 is 0 Å².